The van der Waals surface area contributed by atoms with Gasteiger partial charge in [0.25, 0.3) is 0 Å². The maximum absolute atomic E-state index is 4.32. The molecular formula is C17H34IN5. The van der Waals surface area contributed by atoms with Crippen LogP contribution in [0.1, 0.15) is 46.5 Å². The van der Waals surface area contributed by atoms with Gasteiger partial charge in [-0.2, -0.15) is 5.10 Å². The molecule has 1 rings (SSSR count). The first-order valence-corrected chi connectivity index (χ1v) is 8.61. The minimum Gasteiger partial charge on any atom is -0.356 e. The summed E-state index contributed by atoms with van der Waals surface area (Å²) in [6, 6.07) is 1.96. The molecule has 2 N–H and O–H groups in total. The largest absolute Gasteiger partial charge is 0.356 e. The Hall–Kier alpha value is -0.790. The van der Waals surface area contributed by atoms with Crippen LogP contribution in [0.2, 0.25) is 0 Å². The van der Waals surface area contributed by atoms with Crippen LogP contribution in [0.5, 0.6) is 0 Å². The number of halogens is 1. The molecule has 0 aliphatic heterocycles. The zero-order chi connectivity index (χ0) is 16.2. The lowest BCUT2D eigenvalue weighted by atomic mass is 9.99. The van der Waals surface area contributed by atoms with Crippen LogP contribution >= 0.6 is 24.0 Å². The zero-order valence-corrected chi connectivity index (χ0v) is 17.4. The summed E-state index contributed by atoms with van der Waals surface area (Å²) in [7, 11) is 1.83. The molecule has 0 aromatic carbocycles. The van der Waals surface area contributed by atoms with Crippen LogP contribution in [-0.4, -0.2) is 35.9 Å². The lowest BCUT2D eigenvalue weighted by Crippen LogP contribution is -2.41. The Morgan fingerprint density at radius 2 is 2.00 bits per heavy atom. The fraction of sp³-hybridized carbons (Fsp3) is 0.765. The van der Waals surface area contributed by atoms with Crippen LogP contribution < -0.4 is 10.6 Å². The summed E-state index contributed by atoms with van der Waals surface area (Å²) in [4.78, 5) is 4.32. The molecule has 0 amide bonds. The van der Waals surface area contributed by atoms with Crippen molar-refractivity contribution in [2.75, 3.05) is 20.1 Å². The van der Waals surface area contributed by atoms with Gasteiger partial charge < -0.3 is 10.6 Å². The van der Waals surface area contributed by atoms with Crippen molar-refractivity contribution in [2.45, 2.75) is 53.0 Å². The van der Waals surface area contributed by atoms with E-state index < -0.39 is 0 Å². The zero-order valence-electron chi connectivity index (χ0n) is 15.1. The van der Waals surface area contributed by atoms with E-state index in [1.165, 1.54) is 25.7 Å². The topological polar surface area (TPSA) is 54.2 Å². The van der Waals surface area contributed by atoms with Crippen molar-refractivity contribution in [3.05, 3.63) is 18.5 Å². The van der Waals surface area contributed by atoms with Crippen molar-refractivity contribution in [3.63, 3.8) is 0 Å². The fourth-order valence-corrected chi connectivity index (χ4v) is 2.47. The summed E-state index contributed by atoms with van der Waals surface area (Å²) in [5.41, 5.74) is 0. The van der Waals surface area contributed by atoms with Gasteiger partial charge in [0.1, 0.15) is 0 Å². The lowest BCUT2D eigenvalue weighted by molar-refractivity contribution is 0.432. The first kappa shape index (κ1) is 22.2. The number of nitrogens with one attached hydrogen (secondary N) is 2. The van der Waals surface area contributed by atoms with Crippen molar-refractivity contribution < 1.29 is 0 Å². The second kappa shape index (κ2) is 13.6. The van der Waals surface area contributed by atoms with E-state index in [9.17, 15) is 0 Å². The Morgan fingerprint density at radius 3 is 2.57 bits per heavy atom. The van der Waals surface area contributed by atoms with Gasteiger partial charge in [-0.25, -0.2) is 0 Å². The molecule has 0 saturated heterocycles. The number of aliphatic imine (C=N–C) groups is 1. The van der Waals surface area contributed by atoms with Gasteiger partial charge >= 0.3 is 0 Å². The maximum atomic E-state index is 4.32. The van der Waals surface area contributed by atoms with Crippen LogP contribution in [0.15, 0.2) is 23.5 Å². The molecule has 0 fully saturated rings. The monoisotopic (exact) mass is 435 g/mol. The minimum absolute atomic E-state index is 0. The molecule has 1 heterocycles. The molecule has 0 aliphatic rings. The highest BCUT2D eigenvalue weighted by Crippen LogP contribution is 2.11. The maximum Gasteiger partial charge on any atom is 0.190 e. The molecule has 23 heavy (non-hydrogen) atoms. The third kappa shape index (κ3) is 9.84. The van der Waals surface area contributed by atoms with Crippen LogP contribution in [0.3, 0.4) is 0 Å². The molecule has 0 saturated carbocycles. The summed E-state index contributed by atoms with van der Waals surface area (Å²) in [5.74, 6) is 2.14. The first-order valence-electron chi connectivity index (χ1n) is 8.61. The average molecular weight is 435 g/mol. The van der Waals surface area contributed by atoms with Crippen molar-refractivity contribution in [1.29, 1.82) is 0 Å². The highest BCUT2D eigenvalue weighted by atomic mass is 127. The Kier molecular flexibility index (Phi) is 13.2. The molecule has 2 atom stereocenters. The van der Waals surface area contributed by atoms with Crippen LogP contribution in [0, 0.1) is 11.8 Å². The molecule has 1 aromatic heterocycles. The summed E-state index contributed by atoms with van der Waals surface area (Å²) in [5, 5.41) is 11.1. The molecule has 2 unspecified atom stereocenters. The second-order valence-electron chi connectivity index (χ2n) is 6.08. The Labute approximate surface area is 158 Å². The van der Waals surface area contributed by atoms with Gasteiger partial charge in [-0.1, -0.05) is 40.0 Å². The number of guanidine groups is 1. The number of hydrogen-bond acceptors (Lipinski definition) is 2. The Morgan fingerprint density at radius 1 is 1.26 bits per heavy atom. The number of unbranched alkanes of at least 4 members (excludes halogenated alkanes) is 1. The molecule has 0 radical (unpaired) electrons. The first-order chi connectivity index (χ1) is 10.7. The predicted molar refractivity (Wildman–Crippen MR) is 109 cm³/mol. The van der Waals surface area contributed by atoms with Crippen molar-refractivity contribution >= 4 is 29.9 Å². The summed E-state index contributed by atoms with van der Waals surface area (Å²) in [6.45, 7) is 9.56. The molecule has 6 heteroatoms. The van der Waals surface area contributed by atoms with Crippen LogP contribution in [0.4, 0.5) is 0 Å². The van der Waals surface area contributed by atoms with E-state index in [1.54, 1.807) is 0 Å². The number of aromatic nitrogens is 2. The van der Waals surface area contributed by atoms with E-state index in [4.69, 9.17) is 0 Å². The van der Waals surface area contributed by atoms with Crippen LogP contribution in [0.25, 0.3) is 0 Å². The van der Waals surface area contributed by atoms with Gasteiger partial charge in [0.05, 0.1) is 0 Å². The minimum atomic E-state index is 0. The van der Waals surface area contributed by atoms with Crippen molar-refractivity contribution in [3.8, 4) is 0 Å². The van der Waals surface area contributed by atoms with E-state index in [0.717, 1.165) is 31.5 Å². The molecule has 134 valence electrons. The van der Waals surface area contributed by atoms with Gasteiger partial charge in [0.2, 0.25) is 0 Å². The van der Waals surface area contributed by atoms with E-state index in [2.05, 4.69) is 41.5 Å². The standard InChI is InChI=1S/C17H33N5.HI/c1-5-7-9-16(6-2)13-20-17(18-4)19-12-15(3)14-22-11-8-10-21-22;/h8,10-11,15-16H,5-7,9,12-14H2,1-4H3,(H2,18,19,20);1H. The van der Waals surface area contributed by atoms with Gasteiger partial charge in [-0.05, 0) is 24.3 Å². The normalized spacial score (nSPS) is 14.0. The molecule has 0 bridgehead atoms. The number of rotatable bonds is 10. The van der Waals surface area contributed by atoms with E-state index >= 15 is 0 Å². The average Bonchev–Trinajstić information content (AvgIpc) is 3.03. The number of nitrogens with zero attached hydrogens (tertiary/aromatic N) is 3. The highest BCUT2D eigenvalue weighted by molar-refractivity contribution is 14.0. The Bertz CT molecular complexity index is 405. The SMILES string of the molecule is CCCCC(CC)CNC(=NC)NCC(C)Cn1cccn1.I. The number of hydrogen-bond donors (Lipinski definition) is 2. The summed E-state index contributed by atoms with van der Waals surface area (Å²) in [6.07, 6.45) is 8.93. The van der Waals surface area contributed by atoms with E-state index in [0.29, 0.717) is 5.92 Å². The van der Waals surface area contributed by atoms with Gasteiger partial charge in [-0.15, -0.1) is 24.0 Å². The van der Waals surface area contributed by atoms with Gasteiger partial charge in [0.15, 0.2) is 5.96 Å². The Balaban J connectivity index is 0.00000484. The third-order valence-electron chi connectivity index (χ3n) is 4.00. The van der Waals surface area contributed by atoms with E-state index in [-0.39, 0.29) is 24.0 Å². The molecule has 0 spiro atoms. The van der Waals surface area contributed by atoms with Crippen molar-refractivity contribution in [2.24, 2.45) is 16.8 Å². The lowest BCUT2D eigenvalue weighted by Gasteiger charge is -2.19. The molecule has 0 aliphatic carbocycles. The fourth-order valence-electron chi connectivity index (χ4n) is 2.47. The van der Waals surface area contributed by atoms with E-state index in [1.807, 2.05) is 30.2 Å². The molecule has 1 aromatic rings. The smallest absolute Gasteiger partial charge is 0.190 e. The van der Waals surface area contributed by atoms with Gasteiger partial charge in [0, 0.05) is 39.1 Å². The van der Waals surface area contributed by atoms with Crippen LogP contribution in [-0.2, 0) is 6.54 Å². The third-order valence-corrected chi connectivity index (χ3v) is 4.00. The summed E-state index contributed by atoms with van der Waals surface area (Å²) < 4.78 is 1.97. The molecule has 5 nitrogen and oxygen atoms in total. The highest BCUT2D eigenvalue weighted by Gasteiger charge is 2.08. The second-order valence-corrected chi connectivity index (χ2v) is 6.08. The summed E-state index contributed by atoms with van der Waals surface area (Å²) >= 11 is 0. The van der Waals surface area contributed by atoms with Crippen molar-refractivity contribution in [1.82, 2.24) is 20.4 Å². The van der Waals surface area contributed by atoms with Gasteiger partial charge in [-0.3, -0.25) is 9.67 Å². The quantitative estimate of drug-likeness (QED) is 0.336. The molecular weight excluding hydrogens is 401 g/mol. The predicted octanol–water partition coefficient (Wildman–Crippen LogP) is 3.52.